The summed E-state index contributed by atoms with van der Waals surface area (Å²) in [5.74, 6) is 1.67. The summed E-state index contributed by atoms with van der Waals surface area (Å²) in [6, 6.07) is 11.3. The predicted octanol–water partition coefficient (Wildman–Crippen LogP) is 1.85. The quantitative estimate of drug-likeness (QED) is 0.453. The van der Waals surface area contributed by atoms with Gasteiger partial charge in [0.2, 0.25) is 5.91 Å². The van der Waals surface area contributed by atoms with E-state index < -0.39 is 18.0 Å². The second-order valence-electron chi connectivity index (χ2n) is 6.76. The number of ether oxygens (including phenoxy) is 3. The first-order chi connectivity index (χ1) is 14.9. The molecule has 5 N–H and O–H groups in total. The fourth-order valence-electron chi connectivity index (χ4n) is 2.93. The molecule has 0 saturated heterocycles. The number of thioether (sulfide) groups is 1. The van der Waals surface area contributed by atoms with Gasteiger partial charge >= 0.3 is 0 Å². The first-order valence-electron chi connectivity index (χ1n) is 9.67. The van der Waals surface area contributed by atoms with Crippen LogP contribution in [0.25, 0.3) is 0 Å². The van der Waals surface area contributed by atoms with E-state index in [9.17, 15) is 9.59 Å². The standard InChI is InChI=1S/C22H29N3O5S/c1-28-16-8-9-17(19(12-16)29-2)21(25-22(27)18(23)10-11-31-3)14-4-6-15(7-5-14)30-13-20(24)26/h4-9,12,18,21H,10-11,13,23H2,1-3H3,(H2,24,26)(H,25,27)/t18-,21?/m0/s1. The van der Waals surface area contributed by atoms with E-state index in [1.807, 2.05) is 12.3 Å². The van der Waals surface area contributed by atoms with Crippen molar-refractivity contribution in [1.82, 2.24) is 5.32 Å². The van der Waals surface area contributed by atoms with Gasteiger partial charge in [-0.3, -0.25) is 9.59 Å². The van der Waals surface area contributed by atoms with Crippen molar-refractivity contribution in [3.05, 3.63) is 53.6 Å². The van der Waals surface area contributed by atoms with Crippen LogP contribution < -0.4 is 31.0 Å². The Morgan fingerprint density at radius 3 is 2.32 bits per heavy atom. The zero-order chi connectivity index (χ0) is 22.8. The molecule has 0 aromatic heterocycles. The van der Waals surface area contributed by atoms with Crippen molar-refractivity contribution in [3.8, 4) is 17.2 Å². The number of rotatable bonds is 12. The largest absolute Gasteiger partial charge is 0.497 e. The Hall–Kier alpha value is -2.91. The number of nitrogens with two attached hydrogens (primary N) is 2. The molecule has 0 radical (unpaired) electrons. The van der Waals surface area contributed by atoms with Crippen molar-refractivity contribution in [3.63, 3.8) is 0 Å². The molecule has 1 unspecified atom stereocenters. The molecule has 2 aromatic rings. The van der Waals surface area contributed by atoms with Gasteiger partial charge in [0, 0.05) is 11.6 Å². The van der Waals surface area contributed by atoms with Crippen molar-refractivity contribution in [2.24, 2.45) is 11.5 Å². The van der Waals surface area contributed by atoms with Crippen molar-refractivity contribution in [2.45, 2.75) is 18.5 Å². The summed E-state index contributed by atoms with van der Waals surface area (Å²) in [7, 11) is 3.13. The second-order valence-corrected chi connectivity index (χ2v) is 7.75. The van der Waals surface area contributed by atoms with Crippen LogP contribution in [-0.4, -0.2) is 50.7 Å². The second kappa shape index (κ2) is 12.1. The minimum Gasteiger partial charge on any atom is -0.497 e. The molecular weight excluding hydrogens is 418 g/mol. The number of hydrogen-bond acceptors (Lipinski definition) is 7. The minimum absolute atomic E-state index is 0.212. The number of carbonyl (C=O) groups excluding carboxylic acids is 2. The third kappa shape index (κ3) is 7.08. The van der Waals surface area contributed by atoms with Gasteiger partial charge in [-0.25, -0.2) is 0 Å². The van der Waals surface area contributed by atoms with E-state index in [1.54, 1.807) is 62.4 Å². The average molecular weight is 448 g/mol. The molecule has 2 amide bonds. The summed E-state index contributed by atoms with van der Waals surface area (Å²) >= 11 is 1.64. The van der Waals surface area contributed by atoms with Gasteiger partial charge in [-0.05, 0) is 48.3 Å². The number of hydrogen-bond donors (Lipinski definition) is 3. The maximum absolute atomic E-state index is 12.8. The molecule has 0 heterocycles. The molecule has 0 spiro atoms. The van der Waals surface area contributed by atoms with Gasteiger partial charge in [0.1, 0.15) is 17.2 Å². The lowest BCUT2D eigenvalue weighted by Gasteiger charge is -2.24. The molecule has 2 aromatic carbocycles. The third-order valence-corrected chi connectivity index (χ3v) is 5.25. The summed E-state index contributed by atoms with van der Waals surface area (Å²) in [5.41, 5.74) is 12.7. The summed E-state index contributed by atoms with van der Waals surface area (Å²) in [5, 5.41) is 3.03. The van der Waals surface area contributed by atoms with Crippen LogP contribution in [0.5, 0.6) is 17.2 Å². The molecule has 0 aliphatic rings. The molecule has 9 heteroatoms. The van der Waals surface area contributed by atoms with E-state index in [1.165, 1.54) is 0 Å². The first kappa shape index (κ1) is 24.4. The maximum Gasteiger partial charge on any atom is 0.255 e. The van der Waals surface area contributed by atoms with Gasteiger partial charge in [-0.2, -0.15) is 11.8 Å². The molecule has 31 heavy (non-hydrogen) atoms. The molecule has 8 nitrogen and oxygen atoms in total. The van der Waals surface area contributed by atoms with Gasteiger partial charge in [0.25, 0.3) is 5.91 Å². The molecule has 0 saturated carbocycles. The van der Waals surface area contributed by atoms with E-state index in [-0.39, 0.29) is 12.5 Å². The number of carbonyl (C=O) groups is 2. The SMILES string of the molecule is COc1ccc(C(NC(=O)[C@@H](N)CCSC)c2ccc(OCC(N)=O)cc2)c(OC)c1. The minimum atomic E-state index is -0.627. The fourth-order valence-corrected chi connectivity index (χ4v) is 3.42. The average Bonchev–Trinajstić information content (AvgIpc) is 2.79. The highest BCUT2D eigenvalue weighted by atomic mass is 32.2. The van der Waals surface area contributed by atoms with Crippen molar-refractivity contribution < 1.29 is 23.8 Å². The molecule has 0 aliphatic heterocycles. The topological polar surface area (TPSA) is 126 Å². The zero-order valence-electron chi connectivity index (χ0n) is 17.9. The summed E-state index contributed by atoms with van der Waals surface area (Å²) < 4.78 is 16.1. The van der Waals surface area contributed by atoms with Crippen LogP contribution in [0.4, 0.5) is 0 Å². The molecule has 2 rings (SSSR count). The first-order valence-corrected chi connectivity index (χ1v) is 11.1. The van der Waals surface area contributed by atoms with Gasteiger partial charge in [0.05, 0.1) is 26.3 Å². The van der Waals surface area contributed by atoms with Gasteiger partial charge < -0.3 is 31.0 Å². The highest BCUT2D eigenvalue weighted by molar-refractivity contribution is 7.98. The van der Waals surface area contributed by atoms with Crippen LogP contribution in [0, 0.1) is 0 Å². The highest BCUT2D eigenvalue weighted by Crippen LogP contribution is 2.34. The molecule has 168 valence electrons. The Labute approximate surface area is 186 Å². The van der Waals surface area contributed by atoms with Crippen LogP contribution in [0.15, 0.2) is 42.5 Å². The Kier molecular flexibility index (Phi) is 9.48. The van der Waals surface area contributed by atoms with E-state index >= 15 is 0 Å². The lowest BCUT2D eigenvalue weighted by atomic mass is 9.96. The summed E-state index contributed by atoms with van der Waals surface area (Å²) in [4.78, 5) is 23.7. The Morgan fingerprint density at radius 2 is 1.74 bits per heavy atom. The number of nitrogens with one attached hydrogen (secondary N) is 1. The normalized spacial score (nSPS) is 12.5. The van der Waals surface area contributed by atoms with Crippen LogP contribution in [-0.2, 0) is 9.59 Å². The monoisotopic (exact) mass is 447 g/mol. The van der Waals surface area contributed by atoms with Gasteiger partial charge in [-0.15, -0.1) is 0 Å². The summed E-state index contributed by atoms with van der Waals surface area (Å²) in [6.07, 6.45) is 2.54. The molecule has 0 fully saturated rings. The van der Waals surface area contributed by atoms with Crippen LogP contribution in [0.3, 0.4) is 0 Å². The third-order valence-electron chi connectivity index (χ3n) is 4.60. The number of methoxy groups -OCH3 is 2. The number of benzene rings is 2. The molecule has 0 bridgehead atoms. The van der Waals surface area contributed by atoms with Crippen LogP contribution in [0.1, 0.15) is 23.6 Å². The number of amides is 2. The van der Waals surface area contributed by atoms with E-state index in [4.69, 9.17) is 25.7 Å². The smallest absolute Gasteiger partial charge is 0.255 e. The number of primary amides is 1. The molecular formula is C22H29N3O5S. The zero-order valence-corrected chi connectivity index (χ0v) is 18.7. The van der Waals surface area contributed by atoms with E-state index in [0.29, 0.717) is 23.7 Å². The Bertz CT molecular complexity index is 876. The van der Waals surface area contributed by atoms with Gasteiger partial charge in [-0.1, -0.05) is 12.1 Å². The highest BCUT2D eigenvalue weighted by Gasteiger charge is 2.24. The summed E-state index contributed by atoms with van der Waals surface area (Å²) in [6.45, 7) is -0.212. The fraction of sp³-hybridized carbons (Fsp3) is 0.364. The lowest BCUT2D eigenvalue weighted by molar-refractivity contribution is -0.123. The van der Waals surface area contributed by atoms with E-state index in [2.05, 4.69) is 5.32 Å². The Balaban J connectivity index is 2.36. The molecule has 0 aliphatic carbocycles. The maximum atomic E-state index is 12.8. The Morgan fingerprint density at radius 1 is 1.06 bits per heavy atom. The van der Waals surface area contributed by atoms with E-state index in [0.717, 1.165) is 16.9 Å². The predicted molar refractivity (Wildman–Crippen MR) is 122 cm³/mol. The van der Waals surface area contributed by atoms with Crippen LogP contribution >= 0.6 is 11.8 Å². The van der Waals surface area contributed by atoms with Crippen LogP contribution in [0.2, 0.25) is 0 Å². The molecule has 2 atom stereocenters. The van der Waals surface area contributed by atoms with Crippen molar-refractivity contribution in [1.29, 1.82) is 0 Å². The van der Waals surface area contributed by atoms with Crippen molar-refractivity contribution >= 4 is 23.6 Å². The van der Waals surface area contributed by atoms with Crippen molar-refractivity contribution in [2.75, 3.05) is 32.8 Å². The lowest BCUT2D eigenvalue weighted by Crippen LogP contribution is -2.42. The van der Waals surface area contributed by atoms with Gasteiger partial charge in [0.15, 0.2) is 6.61 Å².